The third-order valence-electron chi connectivity index (χ3n) is 2.63. The van der Waals surface area contributed by atoms with Crippen molar-refractivity contribution in [2.75, 3.05) is 13.2 Å². The molecule has 2 heteroatoms. The Morgan fingerprint density at radius 3 is 2.92 bits per heavy atom. The molecule has 0 amide bonds. The van der Waals surface area contributed by atoms with Crippen LogP contribution in [0.3, 0.4) is 0 Å². The van der Waals surface area contributed by atoms with Crippen molar-refractivity contribution in [3.05, 3.63) is 0 Å². The van der Waals surface area contributed by atoms with Crippen molar-refractivity contribution in [1.82, 2.24) is 5.32 Å². The summed E-state index contributed by atoms with van der Waals surface area (Å²) in [5.74, 6) is 0. The maximum Gasteiger partial charge on any atom is 0.0589 e. The summed E-state index contributed by atoms with van der Waals surface area (Å²) in [5.41, 5.74) is 0. The van der Waals surface area contributed by atoms with Crippen LogP contribution in [0.5, 0.6) is 0 Å². The first kappa shape index (κ1) is 11.0. The predicted molar refractivity (Wildman–Crippen MR) is 56.0 cm³/mol. The van der Waals surface area contributed by atoms with Crippen molar-refractivity contribution in [2.45, 2.75) is 58.1 Å². The number of hydrogen-bond donors (Lipinski definition) is 1. The Kier molecular flexibility index (Phi) is 5.40. The molecule has 2 nitrogen and oxygen atoms in total. The first-order chi connectivity index (χ1) is 6.33. The van der Waals surface area contributed by atoms with Gasteiger partial charge in [0.2, 0.25) is 0 Å². The Balaban J connectivity index is 2.07. The van der Waals surface area contributed by atoms with Crippen LogP contribution in [-0.2, 0) is 4.74 Å². The lowest BCUT2D eigenvalue weighted by Crippen LogP contribution is -2.32. The van der Waals surface area contributed by atoms with Crippen molar-refractivity contribution >= 4 is 0 Å². The normalized spacial score (nSPS) is 25.8. The van der Waals surface area contributed by atoms with Gasteiger partial charge in [0.05, 0.1) is 6.10 Å². The molecule has 1 rings (SSSR count). The summed E-state index contributed by atoms with van der Waals surface area (Å²) in [6.07, 6.45) is 6.79. The molecule has 1 saturated heterocycles. The minimum absolute atomic E-state index is 0.521. The van der Waals surface area contributed by atoms with Crippen LogP contribution in [0.2, 0.25) is 0 Å². The van der Waals surface area contributed by atoms with E-state index in [0.29, 0.717) is 12.1 Å². The molecule has 0 aromatic heterocycles. The van der Waals surface area contributed by atoms with Crippen LogP contribution < -0.4 is 5.32 Å². The van der Waals surface area contributed by atoms with Gasteiger partial charge < -0.3 is 10.1 Å². The Labute approximate surface area is 82.0 Å². The van der Waals surface area contributed by atoms with Crippen molar-refractivity contribution in [3.63, 3.8) is 0 Å². The molecular weight excluding hydrogens is 162 g/mol. The second-order valence-electron chi connectivity index (χ2n) is 4.08. The SMILES string of the molecule is CCCNC(C)CC1CCCCO1. The van der Waals surface area contributed by atoms with Gasteiger partial charge >= 0.3 is 0 Å². The lowest BCUT2D eigenvalue weighted by atomic mass is 10.0. The van der Waals surface area contributed by atoms with Crippen molar-refractivity contribution in [3.8, 4) is 0 Å². The third-order valence-corrected chi connectivity index (χ3v) is 2.63. The Morgan fingerprint density at radius 1 is 1.46 bits per heavy atom. The molecular formula is C11H23NO. The fraction of sp³-hybridized carbons (Fsp3) is 1.00. The average molecular weight is 185 g/mol. The summed E-state index contributed by atoms with van der Waals surface area (Å²) in [6.45, 7) is 6.57. The molecule has 0 aliphatic carbocycles. The first-order valence-electron chi connectivity index (χ1n) is 5.68. The van der Waals surface area contributed by atoms with Gasteiger partial charge in [0.1, 0.15) is 0 Å². The summed E-state index contributed by atoms with van der Waals surface area (Å²) in [6, 6.07) is 0.614. The highest BCUT2D eigenvalue weighted by atomic mass is 16.5. The van der Waals surface area contributed by atoms with Gasteiger partial charge in [-0.1, -0.05) is 6.92 Å². The molecule has 1 N–H and O–H groups in total. The van der Waals surface area contributed by atoms with Crippen LogP contribution in [0.25, 0.3) is 0 Å². The molecule has 1 aliphatic heterocycles. The van der Waals surface area contributed by atoms with E-state index < -0.39 is 0 Å². The molecule has 13 heavy (non-hydrogen) atoms. The predicted octanol–water partition coefficient (Wildman–Crippen LogP) is 2.33. The molecule has 0 aromatic carbocycles. The van der Waals surface area contributed by atoms with Gasteiger partial charge in [-0.05, 0) is 45.6 Å². The molecule has 0 bridgehead atoms. The van der Waals surface area contributed by atoms with Crippen LogP contribution >= 0.6 is 0 Å². The van der Waals surface area contributed by atoms with Crippen LogP contribution in [0.4, 0.5) is 0 Å². The molecule has 0 aromatic rings. The molecule has 2 atom stereocenters. The lowest BCUT2D eigenvalue weighted by Gasteiger charge is -2.25. The molecule has 1 aliphatic rings. The minimum Gasteiger partial charge on any atom is -0.378 e. The van der Waals surface area contributed by atoms with Crippen LogP contribution in [-0.4, -0.2) is 25.3 Å². The lowest BCUT2D eigenvalue weighted by molar-refractivity contribution is 0.00634. The molecule has 0 radical (unpaired) electrons. The van der Waals surface area contributed by atoms with Crippen molar-refractivity contribution < 1.29 is 4.74 Å². The molecule has 2 unspecified atom stereocenters. The fourth-order valence-electron chi connectivity index (χ4n) is 1.86. The number of hydrogen-bond acceptors (Lipinski definition) is 2. The number of nitrogens with one attached hydrogen (secondary N) is 1. The molecule has 0 spiro atoms. The second-order valence-corrected chi connectivity index (χ2v) is 4.08. The number of ether oxygens (including phenoxy) is 1. The van der Waals surface area contributed by atoms with E-state index in [1.54, 1.807) is 0 Å². The summed E-state index contributed by atoms with van der Waals surface area (Å²) >= 11 is 0. The van der Waals surface area contributed by atoms with Crippen LogP contribution in [0.1, 0.15) is 46.0 Å². The highest BCUT2D eigenvalue weighted by Gasteiger charge is 2.16. The summed E-state index contributed by atoms with van der Waals surface area (Å²) in [4.78, 5) is 0. The van der Waals surface area contributed by atoms with Crippen molar-refractivity contribution in [1.29, 1.82) is 0 Å². The van der Waals surface area contributed by atoms with E-state index in [1.807, 2.05) is 0 Å². The zero-order valence-electron chi connectivity index (χ0n) is 9.01. The zero-order chi connectivity index (χ0) is 9.52. The maximum absolute atomic E-state index is 5.69. The van der Waals surface area contributed by atoms with Gasteiger partial charge in [0.15, 0.2) is 0 Å². The van der Waals surface area contributed by atoms with Gasteiger partial charge in [0.25, 0.3) is 0 Å². The third kappa shape index (κ3) is 4.63. The zero-order valence-corrected chi connectivity index (χ0v) is 9.01. The van der Waals surface area contributed by atoms with Gasteiger partial charge in [-0.2, -0.15) is 0 Å². The van der Waals surface area contributed by atoms with Crippen LogP contribution in [0.15, 0.2) is 0 Å². The fourth-order valence-corrected chi connectivity index (χ4v) is 1.86. The van der Waals surface area contributed by atoms with Gasteiger partial charge in [-0.15, -0.1) is 0 Å². The Bertz CT molecular complexity index is 121. The highest BCUT2D eigenvalue weighted by Crippen LogP contribution is 2.16. The highest BCUT2D eigenvalue weighted by molar-refractivity contribution is 4.70. The molecule has 0 saturated carbocycles. The molecule has 1 heterocycles. The van der Waals surface area contributed by atoms with E-state index in [-0.39, 0.29) is 0 Å². The van der Waals surface area contributed by atoms with Gasteiger partial charge in [-0.25, -0.2) is 0 Å². The molecule has 1 fully saturated rings. The second kappa shape index (κ2) is 6.39. The van der Waals surface area contributed by atoms with Crippen LogP contribution in [0, 0.1) is 0 Å². The Morgan fingerprint density at radius 2 is 2.31 bits per heavy atom. The van der Waals surface area contributed by atoms with E-state index in [9.17, 15) is 0 Å². The van der Waals surface area contributed by atoms with Gasteiger partial charge in [0, 0.05) is 12.6 Å². The summed E-state index contributed by atoms with van der Waals surface area (Å²) < 4.78 is 5.69. The quantitative estimate of drug-likeness (QED) is 0.710. The van der Waals surface area contributed by atoms with E-state index in [4.69, 9.17) is 4.74 Å². The smallest absolute Gasteiger partial charge is 0.0589 e. The summed E-state index contributed by atoms with van der Waals surface area (Å²) in [5, 5.41) is 3.50. The standard InChI is InChI=1S/C11H23NO/c1-3-7-12-10(2)9-11-6-4-5-8-13-11/h10-12H,3-9H2,1-2H3. The van der Waals surface area contributed by atoms with E-state index >= 15 is 0 Å². The van der Waals surface area contributed by atoms with E-state index in [0.717, 1.165) is 13.2 Å². The van der Waals surface area contributed by atoms with E-state index in [2.05, 4.69) is 19.2 Å². The largest absolute Gasteiger partial charge is 0.378 e. The topological polar surface area (TPSA) is 21.3 Å². The van der Waals surface area contributed by atoms with Crippen molar-refractivity contribution in [2.24, 2.45) is 0 Å². The monoisotopic (exact) mass is 185 g/mol. The molecule has 78 valence electrons. The Hall–Kier alpha value is -0.0800. The minimum atomic E-state index is 0.521. The first-order valence-corrected chi connectivity index (χ1v) is 5.68. The number of rotatable bonds is 5. The van der Waals surface area contributed by atoms with E-state index in [1.165, 1.54) is 32.1 Å². The average Bonchev–Trinajstić information content (AvgIpc) is 2.16. The summed E-state index contributed by atoms with van der Waals surface area (Å²) in [7, 11) is 0. The maximum atomic E-state index is 5.69. The van der Waals surface area contributed by atoms with Gasteiger partial charge in [-0.3, -0.25) is 0 Å².